The van der Waals surface area contributed by atoms with E-state index >= 15 is 0 Å². The van der Waals surface area contributed by atoms with Gasteiger partial charge in [-0.3, -0.25) is 0 Å². The Hall–Kier alpha value is 0.210. The third-order valence-corrected chi connectivity index (χ3v) is 2.57. The van der Waals surface area contributed by atoms with Crippen LogP contribution < -0.4 is 0 Å². The van der Waals surface area contributed by atoms with E-state index in [-0.39, 0.29) is 11.5 Å². The minimum atomic E-state index is 0.184. The van der Waals surface area contributed by atoms with Gasteiger partial charge in [0.2, 0.25) is 0 Å². The van der Waals surface area contributed by atoms with Gasteiger partial charge >= 0.3 is 0 Å². The molecule has 0 aromatic carbocycles. The number of alkyl halides is 1. The molecule has 0 spiro atoms. The second-order valence-electron chi connectivity index (χ2n) is 2.98. The largest absolute Gasteiger partial charge is 0.379 e. The highest BCUT2D eigenvalue weighted by molar-refractivity contribution is 6.20. The van der Waals surface area contributed by atoms with E-state index in [0.29, 0.717) is 12.5 Å². The van der Waals surface area contributed by atoms with Gasteiger partial charge in [-0.15, -0.1) is 11.6 Å². The molecule has 0 aliphatic carbocycles. The Morgan fingerprint density at radius 2 is 2.36 bits per heavy atom. The van der Waals surface area contributed by atoms with Crippen molar-refractivity contribution in [2.24, 2.45) is 5.92 Å². The van der Waals surface area contributed by atoms with Gasteiger partial charge in [0.25, 0.3) is 0 Å². The van der Waals surface area contributed by atoms with Gasteiger partial charge in [-0.2, -0.15) is 0 Å². The SMILES string of the molecule is COC1COCCC1C(C)Cl. The molecule has 0 bridgehead atoms. The van der Waals surface area contributed by atoms with Gasteiger partial charge in [0.15, 0.2) is 0 Å². The molecule has 1 aliphatic heterocycles. The molecule has 66 valence electrons. The maximum atomic E-state index is 5.99. The normalized spacial score (nSPS) is 35.2. The molecular weight excluding hydrogens is 164 g/mol. The lowest BCUT2D eigenvalue weighted by Gasteiger charge is -2.31. The highest BCUT2D eigenvalue weighted by Crippen LogP contribution is 2.24. The van der Waals surface area contributed by atoms with Crippen molar-refractivity contribution in [2.75, 3.05) is 20.3 Å². The van der Waals surface area contributed by atoms with Crippen LogP contribution in [0.5, 0.6) is 0 Å². The Balaban J connectivity index is 2.44. The summed E-state index contributed by atoms with van der Waals surface area (Å²) in [4.78, 5) is 0. The molecule has 1 heterocycles. The van der Waals surface area contributed by atoms with Crippen LogP contribution in [0.4, 0.5) is 0 Å². The lowest BCUT2D eigenvalue weighted by molar-refractivity contribution is -0.0650. The molecular formula is C8H15ClO2. The zero-order valence-electron chi connectivity index (χ0n) is 7.05. The second-order valence-corrected chi connectivity index (χ2v) is 3.67. The molecule has 0 radical (unpaired) electrons. The molecule has 1 fully saturated rings. The first kappa shape index (κ1) is 9.30. The number of ether oxygens (including phenoxy) is 2. The predicted molar refractivity (Wildman–Crippen MR) is 45.0 cm³/mol. The summed E-state index contributed by atoms with van der Waals surface area (Å²) in [6, 6.07) is 0. The summed E-state index contributed by atoms with van der Waals surface area (Å²) in [5, 5.41) is 0.184. The van der Waals surface area contributed by atoms with Crippen molar-refractivity contribution in [1.82, 2.24) is 0 Å². The van der Waals surface area contributed by atoms with E-state index in [4.69, 9.17) is 21.1 Å². The first-order chi connectivity index (χ1) is 5.25. The molecule has 0 aromatic rings. The lowest BCUT2D eigenvalue weighted by Crippen LogP contribution is -2.37. The van der Waals surface area contributed by atoms with Crippen molar-refractivity contribution in [3.05, 3.63) is 0 Å². The van der Waals surface area contributed by atoms with Crippen molar-refractivity contribution in [3.8, 4) is 0 Å². The van der Waals surface area contributed by atoms with Crippen LogP contribution in [0.1, 0.15) is 13.3 Å². The Bertz CT molecular complexity index is 117. The molecule has 1 aliphatic rings. The van der Waals surface area contributed by atoms with E-state index in [1.165, 1.54) is 0 Å². The molecule has 0 aromatic heterocycles. The molecule has 3 atom stereocenters. The monoisotopic (exact) mass is 178 g/mol. The van der Waals surface area contributed by atoms with E-state index in [1.807, 2.05) is 6.92 Å². The zero-order chi connectivity index (χ0) is 8.27. The van der Waals surface area contributed by atoms with Crippen molar-refractivity contribution in [1.29, 1.82) is 0 Å². The Morgan fingerprint density at radius 1 is 1.64 bits per heavy atom. The fourth-order valence-corrected chi connectivity index (χ4v) is 1.78. The molecule has 11 heavy (non-hydrogen) atoms. The first-order valence-electron chi connectivity index (χ1n) is 4.00. The van der Waals surface area contributed by atoms with Crippen LogP contribution in [0.3, 0.4) is 0 Å². The van der Waals surface area contributed by atoms with Crippen LogP contribution in [0, 0.1) is 5.92 Å². The van der Waals surface area contributed by atoms with Crippen molar-refractivity contribution in [3.63, 3.8) is 0 Å². The van der Waals surface area contributed by atoms with E-state index in [1.54, 1.807) is 7.11 Å². The standard InChI is InChI=1S/C8H15ClO2/c1-6(9)7-3-4-11-5-8(7)10-2/h6-8H,3-5H2,1-2H3. The van der Waals surface area contributed by atoms with Gasteiger partial charge in [0.1, 0.15) is 0 Å². The third-order valence-electron chi connectivity index (χ3n) is 2.25. The topological polar surface area (TPSA) is 18.5 Å². The zero-order valence-corrected chi connectivity index (χ0v) is 7.80. The summed E-state index contributed by atoms with van der Waals surface area (Å²) in [6.07, 6.45) is 1.21. The van der Waals surface area contributed by atoms with Gasteiger partial charge < -0.3 is 9.47 Å². The van der Waals surface area contributed by atoms with Crippen LogP contribution >= 0.6 is 11.6 Å². The van der Waals surface area contributed by atoms with Crippen molar-refractivity contribution in [2.45, 2.75) is 24.8 Å². The van der Waals surface area contributed by atoms with Crippen LogP contribution in [0.25, 0.3) is 0 Å². The quantitative estimate of drug-likeness (QED) is 0.599. The minimum Gasteiger partial charge on any atom is -0.379 e. The number of hydrogen-bond donors (Lipinski definition) is 0. The maximum Gasteiger partial charge on any atom is 0.0847 e. The van der Waals surface area contributed by atoms with E-state index in [0.717, 1.165) is 13.0 Å². The Kier molecular flexibility index (Phi) is 3.63. The van der Waals surface area contributed by atoms with Crippen molar-refractivity contribution < 1.29 is 9.47 Å². The van der Waals surface area contributed by atoms with Crippen LogP contribution in [-0.4, -0.2) is 31.8 Å². The van der Waals surface area contributed by atoms with Crippen LogP contribution in [0.15, 0.2) is 0 Å². The molecule has 0 N–H and O–H groups in total. The maximum absolute atomic E-state index is 5.99. The molecule has 0 amide bonds. The summed E-state index contributed by atoms with van der Waals surface area (Å²) in [6.45, 7) is 3.53. The summed E-state index contributed by atoms with van der Waals surface area (Å²) in [5.41, 5.74) is 0. The predicted octanol–water partition coefficient (Wildman–Crippen LogP) is 1.67. The van der Waals surface area contributed by atoms with Crippen LogP contribution in [-0.2, 0) is 9.47 Å². The number of hydrogen-bond acceptors (Lipinski definition) is 2. The number of halogens is 1. The highest BCUT2D eigenvalue weighted by atomic mass is 35.5. The molecule has 2 nitrogen and oxygen atoms in total. The Morgan fingerprint density at radius 3 is 2.82 bits per heavy atom. The summed E-state index contributed by atoms with van der Waals surface area (Å²) in [7, 11) is 1.71. The van der Waals surface area contributed by atoms with Gasteiger partial charge in [-0.05, 0) is 13.3 Å². The molecule has 3 unspecified atom stereocenters. The number of rotatable bonds is 2. The lowest BCUT2D eigenvalue weighted by atomic mass is 9.94. The Labute approximate surface area is 72.8 Å². The van der Waals surface area contributed by atoms with E-state index < -0.39 is 0 Å². The van der Waals surface area contributed by atoms with Gasteiger partial charge in [0.05, 0.1) is 12.7 Å². The molecule has 1 rings (SSSR count). The number of methoxy groups -OCH3 is 1. The summed E-state index contributed by atoms with van der Waals surface area (Å²) >= 11 is 5.99. The van der Waals surface area contributed by atoms with Crippen molar-refractivity contribution >= 4 is 11.6 Å². The van der Waals surface area contributed by atoms with Crippen LogP contribution in [0.2, 0.25) is 0 Å². The molecule has 1 saturated heterocycles. The smallest absolute Gasteiger partial charge is 0.0847 e. The van der Waals surface area contributed by atoms with Gasteiger partial charge in [-0.1, -0.05) is 0 Å². The third kappa shape index (κ3) is 2.32. The fraction of sp³-hybridized carbons (Fsp3) is 1.00. The van der Waals surface area contributed by atoms with Gasteiger partial charge in [0, 0.05) is 25.0 Å². The van der Waals surface area contributed by atoms with E-state index in [2.05, 4.69) is 0 Å². The summed E-state index contributed by atoms with van der Waals surface area (Å²) in [5.74, 6) is 0.454. The average molecular weight is 179 g/mol. The fourth-order valence-electron chi connectivity index (χ4n) is 1.50. The van der Waals surface area contributed by atoms with Gasteiger partial charge in [-0.25, -0.2) is 0 Å². The average Bonchev–Trinajstić information content (AvgIpc) is 2.04. The molecule has 3 heteroatoms. The minimum absolute atomic E-state index is 0.184. The molecule has 0 saturated carbocycles. The first-order valence-corrected chi connectivity index (χ1v) is 4.44. The summed E-state index contributed by atoms with van der Waals surface area (Å²) < 4.78 is 10.5. The second kappa shape index (κ2) is 4.29. The van der Waals surface area contributed by atoms with E-state index in [9.17, 15) is 0 Å². The highest BCUT2D eigenvalue weighted by Gasteiger charge is 2.28.